The average Bonchev–Trinajstić information content (AvgIpc) is 3.40. The fraction of sp³-hybridized carbons (Fsp3) is 0.409. The van der Waals surface area contributed by atoms with Crippen LogP contribution in [-0.2, 0) is 11.3 Å². The Hall–Kier alpha value is -2.77. The number of pyridine rings is 1. The number of rotatable bonds is 8. The zero-order chi connectivity index (χ0) is 20.1. The predicted molar refractivity (Wildman–Crippen MR) is 108 cm³/mol. The summed E-state index contributed by atoms with van der Waals surface area (Å²) in [4.78, 5) is 11.4. The Morgan fingerprint density at radius 2 is 2.07 bits per heavy atom. The lowest BCUT2D eigenvalue weighted by molar-refractivity contribution is 0.144. The number of benzene rings is 1. The van der Waals surface area contributed by atoms with E-state index >= 15 is 0 Å². The first-order valence-corrected chi connectivity index (χ1v) is 9.95. The van der Waals surface area contributed by atoms with Gasteiger partial charge in [0.15, 0.2) is 0 Å². The lowest BCUT2D eigenvalue weighted by Gasteiger charge is -2.22. The maximum Gasteiger partial charge on any atom is 0.244 e. The summed E-state index contributed by atoms with van der Waals surface area (Å²) >= 11 is 0. The zero-order valence-electron chi connectivity index (χ0n) is 16.9. The molecule has 0 unspecified atom stereocenters. The van der Waals surface area contributed by atoms with Crippen LogP contribution in [0.1, 0.15) is 35.9 Å². The van der Waals surface area contributed by atoms with Crippen molar-refractivity contribution in [3.8, 4) is 17.3 Å². The van der Waals surface area contributed by atoms with Gasteiger partial charge in [0, 0.05) is 31.5 Å². The molecule has 3 heterocycles. The van der Waals surface area contributed by atoms with E-state index in [1.54, 1.807) is 19.4 Å². The fourth-order valence-electron chi connectivity index (χ4n) is 3.62. The van der Waals surface area contributed by atoms with Gasteiger partial charge in [0.05, 0.1) is 12.6 Å². The number of likely N-dealkylation sites (tertiary alicyclic amines) is 1. The normalized spacial score (nSPS) is 17.0. The molecule has 1 aliphatic heterocycles. The first kappa shape index (κ1) is 19.5. The van der Waals surface area contributed by atoms with Crippen LogP contribution in [0.2, 0.25) is 0 Å². The highest BCUT2D eigenvalue weighted by Gasteiger charge is 2.31. The Kier molecular flexibility index (Phi) is 6.17. The Morgan fingerprint density at radius 1 is 1.17 bits per heavy atom. The van der Waals surface area contributed by atoms with Crippen molar-refractivity contribution in [1.82, 2.24) is 20.0 Å². The van der Waals surface area contributed by atoms with Crippen LogP contribution in [0.5, 0.6) is 5.88 Å². The van der Waals surface area contributed by atoms with Crippen molar-refractivity contribution in [3.63, 3.8) is 0 Å². The van der Waals surface area contributed by atoms with Crippen LogP contribution in [0.4, 0.5) is 0 Å². The quantitative estimate of drug-likeness (QED) is 0.538. The number of ether oxygens (including phenoxy) is 2. The van der Waals surface area contributed by atoms with Gasteiger partial charge in [-0.3, -0.25) is 4.90 Å². The van der Waals surface area contributed by atoms with Crippen LogP contribution >= 0.6 is 0 Å². The molecule has 0 saturated carbocycles. The van der Waals surface area contributed by atoms with Gasteiger partial charge >= 0.3 is 0 Å². The van der Waals surface area contributed by atoms with Crippen molar-refractivity contribution >= 4 is 0 Å². The minimum Gasteiger partial charge on any atom is -0.475 e. The molecule has 1 aromatic carbocycles. The summed E-state index contributed by atoms with van der Waals surface area (Å²) < 4.78 is 16.1. The molecule has 1 fully saturated rings. The standard InChI is InChI=1S/C22H26N4O3/c1-16-6-3-4-7-18(16)15-26-11-5-8-19(26)22-24-21(25-29-22)17-9-10-20(23-14-17)28-13-12-27-2/h3-4,6-7,9-10,14,19H,5,8,11-13,15H2,1-2H3/t19-/m0/s1. The molecule has 0 bridgehead atoms. The lowest BCUT2D eigenvalue weighted by atomic mass is 10.1. The van der Waals surface area contributed by atoms with Gasteiger partial charge in [-0.05, 0) is 43.5 Å². The summed E-state index contributed by atoms with van der Waals surface area (Å²) in [5.74, 6) is 1.78. The molecule has 1 atom stereocenters. The van der Waals surface area contributed by atoms with Gasteiger partial charge in [0.2, 0.25) is 17.6 Å². The third kappa shape index (κ3) is 4.63. The van der Waals surface area contributed by atoms with Gasteiger partial charge in [-0.1, -0.05) is 29.4 Å². The van der Waals surface area contributed by atoms with Crippen LogP contribution in [-0.4, -0.2) is 46.9 Å². The van der Waals surface area contributed by atoms with E-state index in [-0.39, 0.29) is 6.04 Å². The molecule has 7 heteroatoms. The molecule has 1 saturated heterocycles. The summed E-state index contributed by atoms with van der Waals surface area (Å²) in [6, 6.07) is 12.4. The maximum atomic E-state index is 5.63. The minimum atomic E-state index is 0.153. The van der Waals surface area contributed by atoms with E-state index < -0.39 is 0 Å². The number of aromatic nitrogens is 3. The van der Waals surface area contributed by atoms with Crippen LogP contribution in [0.15, 0.2) is 47.1 Å². The molecule has 152 valence electrons. The van der Waals surface area contributed by atoms with Gasteiger partial charge in [0.25, 0.3) is 0 Å². The molecule has 29 heavy (non-hydrogen) atoms. The van der Waals surface area contributed by atoms with Crippen molar-refractivity contribution in [2.24, 2.45) is 0 Å². The highest BCUT2D eigenvalue weighted by molar-refractivity contribution is 5.53. The number of methoxy groups -OCH3 is 1. The molecule has 1 aliphatic rings. The largest absolute Gasteiger partial charge is 0.475 e. The van der Waals surface area contributed by atoms with Crippen LogP contribution in [0.3, 0.4) is 0 Å². The fourth-order valence-corrected chi connectivity index (χ4v) is 3.62. The summed E-state index contributed by atoms with van der Waals surface area (Å²) in [6.45, 7) is 5.07. The molecule has 4 rings (SSSR count). The summed E-state index contributed by atoms with van der Waals surface area (Å²) in [5, 5.41) is 4.18. The topological polar surface area (TPSA) is 73.5 Å². The van der Waals surface area contributed by atoms with Gasteiger partial charge < -0.3 is 14.0 Å². The molecule has 0 radical (unpaired) electrons. The molecule has 7 nitrogen and oxygen atoms in total. The zero-order valence-corrected chi connectivity index (χ0v) is 16.9. The minimum absolute atomic E-state index is 0.153. The monoisotopic (exact) mass is 394 g/mol. The second-order valence-electron chi connectivity index (χ2n) is 7.24. The molecule has 0 aliphatic carbocycles. The van der Waals surface area contributed by atoms with Crippen molar-refractivity contribution in [2.75, 3.05) is 26.9 Å². The highest BCUT2D eigenvalue weighted by Crippen LogP contribution is 2.33. The van der Waals surface area contributed by atoms with Crippen molar-refractivity contribution in [3.05, 3.63) is 59.6 Å². The van der Waals surface area contributed by atoms with Gasteiger partial charge in [-0.25, -0.2) is 4.98 Å². The molecular weight excluding hydrogens is 368 g/mol. The Balaban J connectivity index is 1.44. The number of aryl methyl sites for hydroxylation is 1. The molecule has 3 aromatic rings. The maximum absolute atomic E-state index is 5.63. The second-order valence-corrected chi connectivity index (χ2v) is 7.24. The highest BCUT2D eigenvalue weighted by atomic mass is 16.5. The van der Waals surface area contributed by atoms with E-state index in [4.69, 9.17) is 14.0 Å². The van der Waals surface area contributed by atoms with Gasteiger partial charge in [-0.2, -0.15) is 4.98 Å². The molecule has 0 spiro atoms. The Bertz CT molecular complexity index is 926. The van der Waals surface area contributed by atoms with E-state index in [1.807, 2.05) is 6.07 Å². The van der Waals surface area contributed by atoms with E-state index in [1.165, 1.54) is 11.1 Å². The molecule has 2 aromatic heterocycles. The van der Waals surface area contributed by atoms with E-state index in [0.717, 1.165) is 31.5 Å². The molecular formula is C22H26N4O3. The number of hydrogen-bond acceptors (Lipinski definition) is 7. The first-order valence-electron chi connectivity index (χ1n) is 9.95. The van der Waals surface area contributed by atoms with E-state index in [2.05, 4.69) is 51.2 Å². The second kappa shape index (κ2) is 9.15. The van der Waals surface area contributed by atoms with Crippen molar-refractivity contribution in [2.45, 2.75) is 32.4 Å². The summed E-state index contributed by atoms with van der Waals surface area (Å²) in [6.07, 6.45) is 3.86. The first-order chi connectivity index (χ1) is 14.2. The van der Waals surface area contributed by atoms with Crippen LogP contribution in [0.25, 0.3) is 11.4 Å². The van der Waals surface area contributed by atoms with Crippen LogP contribution in [0, 0.1) is 6.92 Å². The van der Waals surface area contributed by atoms with Crippen molar-refractivity contribution < 1.29 is 14.0 Å². The van der Waals surface area contributed by atoms with Crippen molar-refractivity contribution in [1.29, 1.82) is 0 Å². The van der Waals surface area contributed by atoms with Gasteiger partial charge in [-0.15, -0.1) is 0 Å². The predicted octanol–water partition coefficient (Wildman–Crippen LogP) is 3.80. The SMILES string of the molecule is COCCOc1ccc(-c2noc([C@@H]3CCCN3Cc3ccccc3C)n2)cn1. The van der Waals surface area contributed by atoms with E-state index in [9.17, 15) is 0 Å². The average molecular weight is 394 g/mol. The lowest BCUT2D eigenvalue weighted by Crippen LogP contribution is -2.23. The third-order valence-corrected chi connectivity index (χ3v) is 5.26. The van der Waals surface area contributed by atoms with Gasteiger partial charge in [0.1, 0.15) is 6.61 Å². The van der Waals surface area contributed by atoms with Crippen LogP contribution < -0.4 is 4.74 Å². The third-order valence-electron chi connectivity index (χ3n) is 5.26. The summed E-state index contributed by atoms with van der Waals surface area (Å²) in [7, 11) is 1.64. The molecule has 0 amide bonds. The smallest absolute Gasteiger partial charge is 0.244 e. The van der Waals surface area contributed by atoms with E-state index in [0.29, 0.717) is 30.8 Å². The Morgan fingerprint density at radius 3 is 2.86 bits per heavy atom. The number of hydrogen-bond donors (Lipinski definition) is 0. The number of nitrogens with zero attached hydrogens (tertiary/aromatic N) is 4. The molecule has 0 N–H and O–H groups in total. The Labute approximate surface area is 170 Å². The summed E-state index contributed by atoms with van der Waals surface area (Å²) in [5.41, 5.74) is 3.46.